The molecule has 0 saturated carbocycles. The molecule has 1 aliphatic heterocycles. The van der Waals surface area contributed by atoms with Crippen molar-refractivity contribution >= 4 is 25.1 Å². The van der Waals surface area contributed by atoms with Gasteiger partial charge in [0.15, 0.2) is 4.99 Å². The van der Waals surface area contributed by atoms with Gasteiger partial charge in [-0.15, -0.1) is 12.6 Å². The predicted molar refractivity (Wildman–Crippen MR) is 40.4 cm³/mol. The van der Waals surface area contributed by atoms with Crippen molar-refractivity contribution in [2.24, 2.45) is 9.98 Å². The molecule has 0 aromatic heterocycles. The SMILES string of the molecule is OCCC1(S)N=CC=N1. The van der Waals surface area contributed by atoms with Crippen LogP contribution in [0.15, 0.2) is 9.98 Å². The van der Waals surface area contributed by atoms with Crippen molar-refractivity contribution in [3.63, 3.8) is 0 Å². The minimum absolute atomic E-state index is 0.0676. The first-order chi connectivity index (χ1) is 4.27. The summed E-state index contributed by atoms with van der Waals surface area (Å²) in [5, 5.41) is 8.50. The zero-order valence-electron chi connectivity index (χ0n) is 4.86. The number of aliphatic imine (C=N–C) groups is 2. The molecular formula is C5H8N2OS. The Morgan fingerprint density at radius 2 is 2.00 bits per heavy atom. The van der Waals surface area contributed by atoms with Crippen LogP contribution in [0.3, 0.4) is 0 Å². The Labute approximate surface area is 58.9 Å². The first-order valence-electron chi connectivity index (χ1n) is 2.69. The lowest BCUT2D eigenvalue weighted by molar-refractivity contribution is 0.272. The Balaban J connectivity index is 2.53. The summed E-state index contributed by atoms with van der Waals surface area (Å²) in [5.41, 5.74) is 0. The van der Waals surface area contributed by atoms with Gasteiger partial charge in [0, 0.05) is 25.5 Å². The molecule has 0 aromatic carbocycles. The molecule has 50 valence electrons. The van der Waals surface area contributed by atoms with Crippen LogP contribution in [0.1, 0.15) is 6.42 Å². The molecule has 0 spiro atoms. The van der Waals surface area contributed by atoms with E-state index in [4.69, 9.17) is 5.11 Å². The zero-order valence-corrected chi connectivity index (χ0v) is 5.75. The van der Waals surface area contributed by atoms with Crippen LogP contribution in [-0.2, 0) is 0 Å². The van der Waals surface area contributed by atoms with Gasteiger partial charge >= 0.3 is 0 Å². The van der Waals surface area contributed by atoms with Crippen LogP contribution in [0.4, 0.5) is 0 Å². The first kappa shape index (κ1) is 6.77. The van der Waals surface area contributed by atoms with E-state index in [1.165, 1.54) is 0 Å². The summed E-state index contributed by atoms with van der Waals surface area (Å²) in [6, 6.07) is 0. The molecular weight excluding hydrogens is 136 g/mol. The second kappa shape index (κ2) is 2.49. The largest absolute Gasteiger partial charge is 0.396 e. The fourth-order valence-corrected chi connectivity index (χ4v) is 0.851. The monoisotopic (exact) mass is 144 g/mol. The summed E-state index contributed by atoms with van der Waals surface area (Å²) in [5.74, 6) is 0. The van der Waals surface area contributed by atoms with Gasteiger partial charge < -0.3 is 5.11 Å². The summed E-state index contributed by atoms with van der Waals surface area (Å²) >= 11 is 4.11. The average molecular weight is 144 g/mol. The maximum absolute atomic E-state index is 8.50. The standard InChI is InChI=1S/C5H8N2OS/c8-4-1-5(9)6-2-3-7-5/h2-3,8-9H,1,4H2. The molecule has 1 heterocycles. The fraction of sp³-hybridized carbons (Fsp3) is 0.600. The second-order valence-electron chi connectivity index (χ2n) is 1.80. The van der Waals surface area contributed by atoms with Gasteiger partial charge in [0.05, 0.1) is 0 Å². The third-order valence-corrected chi connectivity index (χ3v) is 1.53. The Bertz CT molecular complexity index is 143. The molecule has 4 heteroatoms. The lowest BCUT2D eigenvalue weighted by Crippen LogP contribution is -2.14. The molecule has 3 nitrogen and oxygen atoms in total. The number of aliphatic hydroxyl groups excluding tert-OH is 1. The van der Waals surface area contributed by atoms with Crippen LogP contribution in [0.5, 0.6) is 0 Å². The molecule has 0 radical (unpaired) electrons. The molecule has 0 aliphatic carbocycles. The highest BCUT2D eigenvalue weighted by molar-refractivity contribution is 7.81. The molecule has 0 bridgehead atoms. The Kier molecular flexibility index (Phi) is 1.87. The summed E-state index contributed by atoms with van der Waals surface area (Å²) in [6.45, 7) is 0.0676. The average Bonchev–Trinajstić information content (AvgIpc) is 2.16. The highest BCUT2D eigenvalue weighted by atomic mass is 32.1. The number of aliphatic hydroxyl groups is 1. The maximum atomic E-state index is 8.50. The van der Waals surface area contributed by atoms with E-state index in [9.17, 15) is 0 Å². The fourth-order valence-electron chi connectivity index (χ4n) is 0.618. The molecule has 1 aliphatic rings. The van der Waals surface area contributed by atoms with Crippen molar-refractivity contribution in [3.05, 3.63) is 0 Å². The predicted octanol–water partition coefficient (Wildman–Crippen LogP) is 0.108. The van der Waals surface area contributed by atoms with Crippen LogP contribution in [0, 0.1) is 0 Å². The van der Waals surface area contributed by atoms with Gasteiger partial charge in [0.2, 0.25) is 0 Å². The number of hydrogen-bond donors (Lipinski definition) is 2. The van der Waals surface area contributed by atoms with Crippen molar-refractivity contribution in [2.45, 2.75) is 11.4 Å². The van der Waals surface area contributed by atoms with Crippen LogP contribution in [0.2, 0.25) is 0 Å². The van der Waals surface area contributed by atoms with Crippen LogP contribution in [0.25, 0.3) is 0 Å². The van der Waals surface area contributed by atoms with Crippen molar-refractivity contribution in [2.75, 3.05) is 6.61 Å². The van der Waals surface area contributed by atoms with Gasteiger partial charge in [-0.25, -0.2) is 0 Å². The summed E-state index contributed by atoms with van der Waals surface area (Å²) in [7, 11) is 0. The number of hydrogen-bond acceptors (Lipinski definition) is 4. The first-order valence-corrected chi connectivity index (χ1v) is 3.14. The lowest BCUT2D eigenvalue weighted by atomic mass is 10.4. The van der Waals surface area contributed by atoms with E-state index in [0.717, 1.165) is 0 Å². The third-order valence-electron chi connectivity index (χ3n) is 1.08. The quantitative estimate of drug-likeness (QED) is 0.531. The van der Waals surface area contributed by atoms with Gasteiger partial charge in [-0.1, -0.05) is 0 Å². The molecule has 0 atom stereocenters. The summed E-state index contributed by atoms with van der Waals surface area (Å²) < 4.78 is 0. The van der Waals surface area contributed by atoms with E-state index in [2.05, 4.69) is 22.6 Å². The molecule has 1 rings (SSSR count). The molecule has 0 saturated heterocycles. The maximum Gasteiger partial charge on any atom is 0.196 e. The number of thiol groups is 1. The van der Waals surface area contributed by atoms with Crippen molar-refractivity contribution in [1.82, 2.24) is 0 Å². The van der Waals surface area contributed by atoms with Gasteiger partial charge in [0.1, 0.15) is 0 Å². The smallest absolute Gasteiger partial charge is 0.196 e. The second-order valence-corrected chi connectivity index (χ2v) is 2.52. The van der Waals surface area contributed by atoms with Crippen LogP contribution in [-0.4, -0.2) is 29.1 Å². The number of rotatable bonds is 2. The zero-order chi connectivity index (χ0) is 6.74. The van der Waals surface area contributed by atoms with Crippen molar-refractivity contribution in [3.8, 4) is 0 Å². The molecule has 0 aromatic rings. The number of nitrogens with zero attached hydrogens (tertiary/aromatic N) is 2. The van der Waals surface area contributed by atoms with Crippen molar-refractivity contribution < 1.29 is 5.11 Å². The topological polar surface area (TPSA) is 45.0 Å². The minimum Gasteiger partial charge on any atom is -0.396 e. The van der Waals surface area contributed by atoms with E-state index in [1.807, 2.05) is 0 Å². The Morgan fingerprint density at radius 3 is 2.44 bits per heavy atom. The third kappa shape index (κ3) is 1.53. The Morgan fingerprint density at radius 1 is 1.44 bits per heavy atom. The molecule has 1 N–H and O–H groups in total. The van der Waals surface area contributed by atoms with Crippen molar-refractivity contribution in [1.29, 1.82) is 0 Å². The van der Waals surface area contributed by atoms with Gasteiger partial charge in [-0.3, -0.25) is 9.98 Å². The molecule has 0 fully saturated rings. The van der Waals surface area contributed by atoms with Gasteiger partial charge in [-0.05, 0) is 0 Å². The van der Waals surface area contributed by atoms with Crippen LogP contribution < -0.4 is 0 Å². The minimum atomic E-state index is -0.672. The van der Waals surface area contributed by atoms with E-state index >= 15 is 0 Å². The molecule has 0 amide bonds. The van der Waals surface area contributed by atoms with Crippen LogP contribution >= 0.6 is 12.6 Å². The van der Waals surface area contributed by atoms with E-state index in [1.54, 1.807) is 12.4 Å². The van der Waals surface area contributed by atoms with Gasteiger partial charge in [-0.2, -0.15) is 0 Å². The van der Waals surface area contributed by atoms with E-state index in [0.29, 0.717) is 6.42 Å². The summed E-state index contributed by atoms with van der Waals surface area (Å²) in [6.07, 6.45) is 3.65. The molecule has 9 heavy (non-hydrogen) atoms. The lowest BCUT2D eigenvalue weighted by Gasteiger charge is -2.12. The Hall–Kier alpha value is -0.350. The van der Waals surface area contributed by atoms with E-state index in [-0.39, 0.29) is 6.61 Å². The van der Waals surface area contributed by atoms with E-state index < -0.39 is 4.99 Å². The normalized spacial score (nSPS) is 21.1. The summed E-state index contributed by atoms with van der Waals surface area (Å²) in [4.78, 5) is 7.16. The molecule has 0 unspecified atom stereocenters. The van der Waals surface area contributed by atoms with Gasteiger partial charge in [0.25, 0.3) is 0 Å². The highest BCUT2D eigenvalue weighted by Crippen LogP contribution is 2.23. The highest BCUT2D eigenvalue weighted by Gasteiger charge is 2.22.